The van der Waals surface area contributed by atoms with Crippen molar-refractivity contribution in [3.05, 3.63) is 24.3 Å². The zero-order valence-corrected chi connectivity index (χ0v) is 11.9. The molecule has 1 fully saturated rings. The Morgan fingerprint density at radius 3 is 3.21 bits per heavy atom. The summed E-state index contributed by atoms with van der Waals surface area (Å²) < 4.78 is 10.6. The maximum atomic E-state index is 11.7. The van der Waals surface area contributed by atoms with Crippen LogP contribution in [0.2, 0.25) is 0 Å². The van der Waals surface area contributed by atoms with E-state index in [1.165, 1.54) is 11.8 Å². The molecule has 4 nitrogen and oxygen atoms in total. The van der Waals surface area contributed by atoms with Crippen molar-refractivity contribution in [3.63, 3.8) is 0 Å². The Labute approximate surface area is 117 Å². The van der Waals surface area contributed by atoms with Crippen LogP contribution in [0.15, 0.2) is 29.2 Å². The predicted octanol–water partition coefficient (Wildman–Crippen LogP) is 2.08. The summed E-state index contributed by atoms with van der Waals surface area (Å²) in [5, 5.41) is 2.91. The lowest BCUT2D eigenvalue weighted by Gasteiger charge is -2.10. The van der Waals surface area contributed by atoms with Gasteiger partial charge in [0.15, 0.2) is 0 Å². The maximum absolute atomic E-state index is 11.7. The lowest BCUT2D eigenvalue weighted by Crippen LogP contribution is -2.32. The fourth-order valence-electron chi connectivity index (χ4n) is 1.92. The molecule has 104 valence electrons. The van der Waals surface area contributed by atoms with Gasteiger partial charge in [-0.1, -0.05) is 6.07 Å². The van der Waals surface area contributed by atoms with Crippen LogP contribution in [-0.4, -0.2) is 38.0 Å². The van der Waals surface area contributed by atoms with E-state index in [4.69, 9.17) is 9.47 Å². The molecule has 0 aromatic heterocycles. The molecular weight excluding hydrogens is 262 g/mol. The molecule has 0 spiro atoms. The molecule has 2 rings (SSSR count). The molecule has 1 saturated heterocycles. The Balaban J connectivity index is 1.70. The summed E-state index contributed by atoms with van der Waals surface area (Å²) in [7, 11) is 1.64. The summed E-state index contributed by atoms with van der Waals surface area (Å²) >= 11 is 1.51. The fraction of sp³-hybridized carbons (Fsp3) is 0.500. The normalized spacial score (nSPS) is 18.3. The molecule has 1 amide bonds. The average molecular weight is 281 g/mol. The summed E-state index contributed by atoms with van der Waals surface area (Å²) in [4.78, 5) is 12.7. The lowest BCUT2D eigenvalue weighted by molar-refractivity contribution is -0.119. The smallest absolute Gasteiger partial charge is 0.230 e. The fourth-order valence-corrected chi connectivity index (χ4v) is 2.70. The highest BCUT2D eigenvalue weighted by Gasteiger charge is 2.16. The van der Waals surface area contributed by atoms with E-state index in [2.05, 4.69) is 5.32 Å². The topological polar surface area (TPSA) is 47.6 Å². The van der Waals surface area contributed by atoms with Crippen molar-refractivity contribution in [3.8, 4) is 5.75 Å². The number of ether oxygens (including phenoxy) is 2. The first-order valence-corrected chi connectivity index (χ1v) is 7.41. The Morgan fingerprint density at radius 1 is 1.58 bits per heavy atom. The quantitative estimate of drug-likeness (QED) is 0.811. The van der Waals surface area contributed by atoms with Gasteiger partial charge in [0.2, 0.25) is 5.91 Å². The van der Waals surface area contributed by atoms with Crippen LogP contribution >= 0.6 is 11.8 Å². The number of methoxy groups -OCH3 is 1. The van der Waals surface area contributed by atoms with Gasteiger partial charge in [0.1, 0.15) is 5.75 Å². The molecule has 1 aliphatic rings. The van der Waals surface area contributed by atoms with Crippen LogP contribution < -0.4 is 10.1 Å². The van der Waals surface area contributed by atoms with Gasteiger partial charge in [0.05, 0.1) is 19.0 Å². The third-order valence-electron chi connectivity index (χ3n) is 2.96. The van der Waals surface area contributed by atoms with Crippen LogP contribution in [0.1, 0.15) is 12.8 Å². The molecule has 0 bridgehead atoms. The van der Waals surface area contributed by atoms with Gasteiger partial charge in [-0.25, -0.2) is 0 Å². The Morgan fingerprint density at radius 2 is 2.47 bits per heavy atom. The molecule has 1 N–H and O–H groups in total. The first-order valence-electron chi connectivity index (χ1n) is 6.43. The predicted molar refractivity (Wildman–Crippen MR) is 75.7 cm³/mol. The highest BCUT2D eigenvalue weighted by Crippen LogP contribution is 2.22. The zero-order chi connectivity index (χ0) is 13.5. The Kier molecular flexibility index (Phi) is 5.54. The number of rotatable bonds is 6. The molecule has 0 radical (unpaired) electrons. The first kappa shape index (κ1) is 14.2. The lowest BCUT2D eigenvalue weighted by atomic mass is 10.2. The minimum absolute atomic E-state index is 0.0447. The highest BCUT2D eigenvalue weighted by molar-refractivity contribution is 8.00. The SMILES string of the molecule is COc1cccc(SCC(=O)NCC2CCCO2)c1. The van der Waals surface area contributed by atoms with Crippen LogP contribution in [0.4, 0.5) is 0 Å². The molecule has 1 aromatic carbocycles. The van der Waals surface area contributed by atoms with Gasteiger partial charge in [-0.15, -0.1) is 11.8 Å². The van der Waals surface area contributed by atoms with Gasteiger partial charge in [-0.2, -0.15) is 0 Å². The van der Waals surface area contributed by atoms with Gasteiger partial charge in [-0.3, -0.25) is 4.79 Å². The molecule has 0 aliphatic carbocycles. The maximum Gasteiger partial charge on any atom is 0.230 e. The number of carbonyl (C=O) groups excluding carboxylic acids is 1. The van der Waals surface area contributed by atoms with Gasteiger partial charge in [-0.05, 0) is 31.0 Å². The van der Waals surface area contributed by atoms with Crippen molar-refractivity contribution in [1.29, 1.82) is 0 Å². The second kappa shape index (κ2) is 7.40. The summed E-state index contributed by atoms with van der Waals surface area (Å²) in [6, 6.07) is 7.71. The van der Waals surface area contributed by atoms with Gasteiger partial charge in [0.25, 0.3) is 0 Å². The average Bonchev–Trinajstić information content (AvgIpc) is 2.96. The Bertz CT molecular complexity index is 419. The zero-order valence-electron chi connectivity index (χ0n) is 11.1. The Hall–Kier alpha value is -1.20. The van der Waals surface area contributed by atoms with Gasteiger partial charge < -0.3 is 14.8 Å². The number of amides is 1. The number of benzene rings is 1. The van der Waals surface area contributed by atoms with Crippen molar-refractivity contribution in [2.45, 2.75) is 23.8 Å². The van der Waals surface area contributed by atoms with E-state index in [1.807, 2.05) is 24.3 Å². The van der Waals surface area contributed by atoms with E-state index in [1.54, 1.807) is 7.11 Å². The van der Waals surface area contributed by atoms with Crippen LogP contribution in [0.5, 0.6) is 5.75 Å². The van der Waals surface area contributed by atoms with E-state index in [0.717, 1.165) is 30.1 Å². The van der Waals surface area contributed by atoms with Crippen LogP contribution in [0.3, 0.4) is 0 Å². The molecule has 1 aliphatic heterocycles. The molecular formula is C14H19NO3S. The van der Waals surface area contributed by atoms with Crippen LogP contribution in [0, 0.1) is 0 Å². The summed E-state index contributed by atoms with van der Waals surface area (Å²) in [5.74, 6) is 1.27. The first-order chi connectivity index (χ1) is 9.28. The van der Waals surface area contributed by atoms with Gasteiger partial charge >= 0.3 is 0 Å². The second-order valence-corrected chi connectivity index (χ2v) is 5.46. The molecule has 5 heteroatoms. The minimum Gasteiger partial charge on any atom is -0.497 e. The van der Waals surface area contributed by atoms with E-state index in [-0.39, 0.29) is 12.0 Å². The van der Waals surface area contributed by atoms with E-state index < -0.39 is 0 Å². The van der Waals surface area contributed by atoms with Gasteiger partial charge in [0, 0.05) is 18.0 Å². The molecule has 1 heterocycles. The molecule has 0 saturated carbocycles. The van der Waals surface area contributed by atoms with E-state index >= 15 is 0 Å². The van der Waals surface area contributed by atoms with Crippen LogP contribution in [-0.2, 0) is 9.53 Å². The van der Waals surface area contributed by atoms with Crippen molar-refractivity contribution in [2.24, 2.45) is 0 Å². The number of hydrogen-bond donors (Lipinski definition) is 1. The highest BCUT2D eigenvalue weighted by atomic mass is 32.2. The summed E-state index contributed by atoms with van der Waals surface area (Å²) in [5.41, 5.74) is 0. The van der Waals surface area contributed by atoms with Crippen molar-refractivity contribution in [2.75, 3.05) is 26.0 Å². The van der Waals surface area contributed by atoms with E-state index in [9.17, 15) is 4.79 Å². The monoisotopic (exact) mass is 281 g/mol. The number of hydrogen-bond acceptors (Lipinski definition) is 4. The standard InChI is InChI=1S/C14H19NO3S/c1-17-11-4-2-6-13(8-11)19-10-14(16)15-9-12-5-3-7-18-12/h2,4,6,8,12H,3,5,7,9-10H2,1H3,(H,15,16). The third-order valence-corrected chi connectivity index (χ3v) is 3.96. The molecule has 1 unspecified atom stereocenters. The molecule has 1 aromatic rings. The number of thioether (sulfide) groups is 1. The second-order valence-electron chi connectivity index (χ2n) is 4.41. The minimum atomic E-state index is 0.0447. The van der Waals surface area contributed by atoms with Crippen molar-refractivity contribution < 1.29 is 14.3 Å². The third kappa shape index (κ3) is 4.76. The largest absolute Gasteiger partial charge is 0.497 e. The van der Waals surface area contributed by atoms with Crippen molar-refractivity contribution in [1.82, 2.24) is 5.32 Å². The van der Waals surface area contributed by atoms with Crippen LogP contribution in [0.25, 0.3) is 0 Å². The van der Waals surface area contributed by atoms with E-state index in [0.29, 0.717) is 12.3 Å². The number of nitrogens with one attached hydrogen (secondary N) is 1. The molecule has 19 heavy (non-hydrogen) atoms. The summed E-state index contributed by atoms with van der Waals surface area (Å²) in [6.07, 6.45) is 2.34. The molecule has 1 atom stereocenters. The summed E-state index contributed by atoms with van der Waals surface area (Å²) in [6.45, 7) is 1.44. The van der Waals surface area contributed by atoms with Crippen molar-refractivity contribution >= 4 is 17.7 Å². The number of carbonyl (C=O) groups is 1.